The lowest BCUT2D eigenvalue weighted by molar-refractivity contribution is 0.100. The second-order valence-corrected chi connectivity index (χ2v) is 5.39. The summed E-state index contributed by atoms with van der Waals surface area (Å²) >= 11 is 0. The molecule has 8 heteroatoms. The summed E-state index contributed by atoms with van der Waals surface area (Å²) in [6.45, 7) is 0.811. The normalized spacial score (nSPS) is 18.6. The number of nitrogens with zero attached hydrogens (tertiary/aromatic N) is 3. The van der Waals surface area contributed by atoms with E-state index in [2.05, 4.69) is 5.10 Å². The van der Waals surface area contributed by atoms with Crippen molar-refractivity contribution in [1.29, 1.82) is 0 Å². The average Bonchev–Trinajstić information content (AvgIpc) is 2.90. The molecule has 0 aliphatic carbocycles. The molecule has 1 aromatic heterocycles. The second-order valence-electron chi connectivity index (χ2n) is 5.39. The molecular formula is C14H15FN4O3. The molecule has 0 radical (unpaired) electrons. The van der Waals surface area contributed by atoms with E-state index in [1.54, 1.807) is 10.9 Å². The first-order chi connectivity index (χ1) is 10.5. The van der Waals surface area contributed by atoms with Crippen molar-refractivity contribution < 1.29 is 19.1 Å². The van der Waals surface area contributed by atoms with Crippen LogP contribution in [0.5, 0.6) is 0 Å². The van der Waals surface area contributed by atoms with Crippen LogP contribution < -0.4 is 5.73 Å². The van der Waals surface area contributed by atoms with Gasteiger partial charge >= 0.3 is 6.09 Å². The van der Waals surface area contributed by atoms with Gasteiger partial charge in [-0.3, -0.25) is 9.48 Å². The smallest absolute Gasteiger partial charge is 0.407 e. The third kappa shape index (κ3) is 2.47. The van der Waals surface area contributed by atoms with Crippen LogP contribution in [0.1, 0.15) is 29.2 Å². The van der Waals surface area contributed by atoms with E-state index in [-0.39, 0.29) is 11.6 Å². The molecule has 1 aromatic carbocycles. The molecule has 0 bridgehead atoms. The molecule has 0 saturated carbocycles. The van der Waals surface area contributed by atoms with Crippen LogP contribution in [-0.4, -0.2) is 44.9 Å². The average molecular weight is 306 g/mol. The van der Waals surface area contributed by atoms with Crippen LogP contribution in [0, 0.1) is 5.82 Å². The number of fused-ring (bicyclic) bond motifs is 1. The van der Waals surface area contributed by atoms with E-state index in [0.29, 0.717) is 24.0 Å². The van der Waals surface area contributed by atoms with Gasteiger partial charge in [-0.1, -0.05) is 0 Å². The molecule has 1 fully saturated rings. The lowest BCUT2D eigenvalue weighted by atomic mass is 10.1. The van der Waals surface area contributed by atoms with Gasteiger partial charge in [0.1, 0.15) is 11.3 Å². The number of carboxylic acid groups (broad SMARTS) is 1. The molecule has 7 nitrogen and oxygen atoms in total. The van der Waals surface area contributed by atoms with E-state index < -0.39 is 17.8 Å². The van der Waals surface area contributed by atoms with Gasteiger partial charge in [-0.2, -0.15) is 5.10 Å². The van der Waals surface area contributed by atoms with Crippen LogP contribution in [0.3, 0.4) is 0 Å². The summed E-state index contributed by atoms with van der Waals surface area (Å²) < 4.78 is 15.1. The molecule has 1 saturated heterocycles. The first-order valence-electron chi connectivity index (χ1n) is 6.92. The molecule has 1 aliphatic heterocycles. The molecule has 2 heterocycles. The number of nitrogens with two attached hydrogens (primary N) is 1. The number of likely N-dealkylation sites (tertiary alicyclic amines) is 1. The first kappa shape index (κ1) is 14.3. The van der Waals surface area contributed by atoms with E-state index in [1.165, 1.54) is 11.0 Å². The maximum atomic E-state index is 13.5. The highest BCUT2D eigenvalue weighted by Gasteiger charge is 2.25. The number of primary amides is 1. The Morgan fingerprint density at radius 2 is 2.18 bits per heavy atom. The van der Waals surface area contributed by atoms with Gasteiger partial charge in [0.25, 0.3) is 5.91 Å². The minimum atomic E-state index is -0.967. The quantitative estimate of drug-likeness (QED) is 0.879. The number of benzene rings is 1. The Labute approximate surface area is 125 Å². The zero-order chi connectivity index (χ0) is 15.9. The summed E-state index contributed by atoms with van der Waals surface area (Å²) in [5.74, 6) is -1.30. The maximum Gasteiger partial charge on any atom is 0.407 e. The Morgan fingerprint density at radius 3 is 2.86 bits per heavy atom. The zero-order valence-electron chi connectivity index (χ0n) is 11.7. The standard InChI is InChI=1S/C14H15FN4O3/c15-9-4-8-6-19(17-12(8)11(5-9)13(16)20)10-2-1-3-18(7-10)14(21)22/h4-6,10H,1-3,7H2,(H2,16,20)(H,21,22). The van der Waals surface area contributed by atoms with Gasteiger partial charge in [-0.05, 0) is 25.0 Å². The van der Waals surface area contributed by atoms with Crippen molar-refractivity contribution in [3.63, 3.8) is 0 Å². The fourth-order valence-corrected chi connectivity index (χ4v) is 2.84. The summed E-state index contributed by atoms with van der Waals surface area (Å²) in [6.07, 6.45) is 2.15. The minimum absolute atomic E-state index is 0.0275. The van der Waals surface area contributed by atoms with Gasteiger partial charge in [0.05, 0.1) is 11.6 Å². The highest BCUT2D eigenvalue weighted by Crippen LogP contribution is 2.25. The number of carbonyl (C=O) groups excluding carboxylic acids is 1. The Hall–Kier alpha value is -2.64. The predicted octanol–water partition coefficient (Wildman–Crippen LogP) is 1.59. The predicted molar refractivity (Wildman–Crippen MR) is 76.1 cm³/mol. The first-order valence-corrected chi connectivity index (χ1v) is 6.92. The lowest BCUT2D eigenvalue weighted by Gasteiger charge is -2.30. The van der Waals surface area contributed by atoms with Crippen LogP contribution in [0.15, 0.2) is 18.3 Å². The maximum absolute atomic E-state index is 13.5. The molecule has 1 aliphatic rings. The second kappa shape index (κ2) is 5.28. The number of carbonyl (C=O) groups is 2. The highest BCUT2D eigenvalue weighted by atomic mass is 19.1. The molecule has 22 heavy (non-hydrogen) atoms. The van der Waals surface area contributed by atoms with E-state index >= 15 is 0 Å². The number of hydrogen-bond acceptors (Lipinski definition) is 3. The van der Waals surface area contributed by atoms with Crippen LogP contribution in [-0.2, 0) is 0 Å². The molecule has 1 atom stereocenters. The number of amides is 2. The molecule has 116 valence electrons. The van der Waals surface area contributed by atoms with Gasteiger partial charge in [0, 0.05) is 24.7 Å². The van der Waals surface area contributed by atoms with Crippen LogP contribution in [0.4, 0.5) is 9.18 Å². The van der Waals surface area contributed by atoms with Gasteiger partial charge in [-0.25, -0.2) is 9.18 Å². The summed E-state index contributed by atoms with van der Waals surface area (Å²) in [5.41, 5.74) is 5.62. The summed E-state index contributed by atoms with van der Waals surface area (Å²) in [5, 5.41) is 13.9. The molecule has 1 unspecified atom stereocenters. The molecule has 3 rings (SSSR count). The molecule has 0 spiro atoms. The van der Waals surface area contributed by atoms with Crippen LogP contribution >= 0.6 is 0 Å². The van der Waals surface area contributed by atoms with Gasteiger partial charge in [0.15, 0.2) is 0 Å². The topological polar surface area (TPSA) is 101 Å². The van der Waals surface area contributed by atoms with Crippen molar-refractivity contribution in [3.8, 4) is 0 Å². The van der Waals surface area contributed by atoms with Gasteiger partial charge in [0.2, 0.25) is 0 Å². The number of rotatable bonds is 2. The fourth-order valence-electron chi connectivity index (χ4n) is 2.84. The number of hydrogen-bond donors (Lipinski definition) is 2. The van der Waals surface area contributed by atoms with E-state index in [0.717, 1.165) is 18.9 Å². The fraction of sp³-hybridized carbons (Fsp3) is 0.357. The van der Waals surface area contributed by atoms with Crippen molar-refractivity contribution in [2.45, 2.75) is 18.9 Å². The van der Waals surface area contributed by atoms with Crippen molar-refractivity contribution >= 4 is 22.9 Å². The molecule has 2 amide bonds. The number of halogens is 1. The zero-order valence-corrected chi connectivity index (χ0v) is 11.7. The van der Waals surface area contributed by atoms with E-state index in [1.807, 2.05) is 0 Å². The van der Waals surface area contributed by atoms with Gasteiger partial charge in [-0.15, -0.1) is 0 Å². The lowest BCUT2D eigenvalue weighted by Crippen LogP contribution is -2.39. The van der Waals surface area contributed by atoms with E-state index in [4.69, 9.17) is 10.8 Å². The molecule has 2 aromatic rings. The Morgan fingerprint density at radius 1 is 1.41 bits per heavy atom. The van der Waals surface area contributed by atoms with Crippen LogP contribution in [0.25, 0.3) is 10.9 Å². The van der Waals surface area contributed by atoms with Gasteiger partial charge < -0.3 is 15.7 Å². The van der Waals surface area contributed by atoms with Crippen molar-refractivity contribution in [2.24, 2.45) is 5.73 Å². The summed E-state index contributed by atoms with van der Waals surface area (Å²) in [4.78, 5) is 23.8. The monoisotopic (exact) mass is 306 g/mol. The molecule has 3 N–H and O–H groups in total. The van der Waals surface area contributed by atoms with Crippen LogP contribution in [0.2, 0.25) is 0 Å². The van der Waals surface area contributed by atoms with Crippen molar-refractivity contribution in [1.82, 2.24) is 14.7 Å². The number of aromatic nitrogens is 2. The number of piperidine rings is 1. The third-order valence-electron chi connectivity index (χ3n) is 3.90. The Kier molecular flexibility index (Phi) is 3.44. The third-order valence-corrected chi connectivity index (χ3v) is 3.90. The minimum Gasteiger partial charge on any atom is -0.465 e. The molecular weight excluding hydrogens is 291 g/mol. The SMILES string of the molecule is NC(=O)c1cc(F)cc2cn(C3CCCN(C(=O)O)C3)nc12. The summed E-state index contributed by atoms with van der Waals surface area (Å²) in [6, 6.07) is 2.20. The van der Waals surface area contributed by atoms with E-state index in [9.17, 15) is 14.0 Å². The summed E-state index contributed by atoms with van der Waals surface area (Å²) in [7, 11) is 0. The largest absolute Gasteiger partial charge is 0.465 e. The van der Waals surface area contributed by atoms with Crippen molar-refractivity contribution in [3.05, 3.63) is 29.7 Å². The Balaban J connectivity index is 2.00. The highest BCUT2D eigenvalue weighted by molar-refractivity contribution is 6.04. The van der Waals surface area contributed by atoms with Crippen molar-refractivity contribution in [2.75, 3.05) is 13.1 Å². The Bertz CT molecular complexity index is 758.